The van der Waals surface area contributed by atoms with Crippen LogP contribution in [0.1, 0.15) is 0 Å². The number of rotatable bonds is 2. The molecule has 1 aromatic heterocycles. The molecule has 3 aromatic rings. The van der Waals surface area contributed by atoms with Crippen LogP contribution in [0.25, 0.3) is 22.5 Å². The Balaban J connectivity index is 2.19. The third kappa shape index (κ3) is 2.80. The number of aromatic nitrogens is 1. The molecule has 3 nitrogen and oxygen atoms in total. The number of nitrogens with two attached hydrogens (primary N) is 1. The molecule has 1 heterocycles. The first-order chi connectivity index (χ1) is 10.0. The van der Waals surface area contributed by atoms with E-state index in [1.54, 1.807) is 24.3 Å². The first kappa shape index (κ1) is 14.1. The van der Waals surface area contributed by atoms with Crippen LogP contribution in [0, 0.1) is 5.82 Å². The molecule has 0 aliphatic heterocycles. The van der Waals surface area contributed by atoms with Crippen LogP contribution in [0.3, 0.4) is 0 Å². The SMILES string of the molecule is Nc1noc(-c2cc(Cl)cc(Br)c2)c1-c1ccc(F)cc1. The minimum absolute atomic E-state index is 0.243. The van der Waals surface area contributed by atoms with Gasteiger partial charge in [0.05, 0.1) is 5.56 Å². The lowest BCUT2D eigenvalue weighted by molar-refractivity contribution is 0.436. The molecule has 2 aromatic carbocycles. The van der Waals surface area contributed by atoms with Gasteiger partial charge in [0, 0.05) is 15.1 Å². The second-order valence-electron chi connectivity index (χ2n) is 4.44. The molecule has 0 saturated heterocycles. The van der Waals surface area contributed by atoms with Crippen molar-refractivity contribution in [2.45, 2.75) is 0 Å². The number of anilines is 1. The first-order valence-corrected chi connectivity index (χ1v) is 7.19. The molecule has 0 spiro atoms. The van der Waals surface area contributed by atoms with E-state index >= 15 is 0 Å². The maximum atomic E-state index is 13.1. The van der Waals surface area contributed by atoms with Gasteiger partial charge in [-0.2, -0.15) is 0 Å². The Morgan fingerprint density at radius 2 is 1.81 bits per heavy atom. The first-order valence-electron chi connectivity index (χ1n) is 6.02. The molecule has 3 rings (SSSR count). The van der Waals surface area contributed by atoms with E-state index in [1.165, 1.54) is 12.1 Å². The third-order valence-corrected chi connectivity index (χ3v) is 3.65. The maximum absolute atomic E-state index is 13.1. The van der Waals surface area contributed by atoms with E-state index in [2.05, 4.69) is 21.1 Å². The van der Waals surface area contributed by atoms with Crippen molar-refractivity contribution in [3.63, 3.8) is 0 Å². The lowest BCUT2D eigenvalue weighted by Gasteiger charge is -2.04. The summed E-state index contributed by atoms with van der Waals surface area (Å²) in [6.07, 6.45) is 0. The van der Waals surface area contributed by atoms with Crippen molar-refractivity contribution in [2.24, 2.45) is 0 Å². The summed E-state index contributed by atoms with van der Waals surface area (Å²) in [7, 11) is 0. The fourth-order valence-electron chi connectivity index (χ4n) is 2.08. The van der Waals surface area contributed by atoms with Crippen LogP contribution in [-0.4, -0.2) is 5.16 Å². The summed E-state index contributed by atoms with van der Waals surface area (Å²) in [4.78, 5) is 0. The average Bonchev–Trinajstić information content (AvgIpc) is 2.80. The molecule has 2 N–H and O–H groups in total. The van der Waals surface area contributed by atoms with Gasteiger partial charge in [-0.1, -0.05) is 44.8 Å². The number of nitrogen functional groups attached to an aromatic ring is 1. The summed E-state index contributed by atoms with van der Waals surface area (Å²) in [5.41, 5.74) is 7.95. The minimum atomic E-state index is -0.319. The summed E-state index contributed by atoms with van der Waals surface area (Å²) in [5.74, 6) is 0.413. The molecule has 0 fully saturated rings. The Morgan fingerprint density at radius 3 is 2.48 bits per heavy atom. The zero-order chi connectivity index (χ0) is 15.0. The third-order valence-electron chi connectivity index (χ3n) is 2.98. The molecular weight excluding hydrogens is 359 g/mol. The van der Waals surface area contributed by atoms with Gasteiger partial charge in [-0.3, -0.25) is 0 Å². The van der Waals surface area contributed by atoms with Gasteiger partial charge in [-0.15, -0.1) is 0 Å². The summed E-state index contributed by atoms with van der Waals surface area (Å²) < 4.78 is 19.2. The summed E-state index contributed by atoms with van der Waals surface area (Å²) in [5, 5.41) is 4.36. The van der Waals surface area contributed by atoms with E-state index in [9.17, 15) is 4.39 Å². The lowest BCUT2D eigenvalue weighted by atomic mass is 10.0. The van der Waals surface area contributed by atoms with E-state index in [-0.39, 0.29) is 11.6 Å². The molecule has 0 bridgehead atoms. The highest BCUT2D eigenvalue weighted by Crippen LogP contribution is 2.38. The van der Waals surface area contributed by atoms with Crippen molar-refractivity contribution in [3.05, 3.63) is 57.8 Å². The number of nitrogens with zero attached hydrogens (tertiary/aromatic N) is 1. The highest BCUT2D eigenvalue weighted by molar-refractivity contribution is 9.10. The quantitative estimate of drug-likeness (QED) is 0.682. The zero-order valence-electron chi connectivity index (χ0n) is 10.6. The Kier molecular flexibility index (Phi) is 3.69. The van der Waals surface area contributed by atoms with Crippen molar-refractivity contribution < 1.29 is 8.91 Å². The highest BCUT2D eigenvalue weighted by Gasteiger charge is 2.18. The van der Waals surface area contributed by atoms with Crippen molar-refractivity contribution in [2.75, 3.05) is 5.73 Å². The summed E-state index contributed by atoms with van der Waals surface area (Å²) >= 11 is 9.43. The highest BCUT2D eigenvalue weighted by atomic mass is 79.9. The van der Waals surface area contributed by atoms with Crippen LogP contribution >= 0.6 is 27.5 Å². The molecule has 0 saturated carbocycles. The van der Waals surface area contributed by atoms with Crippen molar-refractivity contribution >= 4 is 33.3 Å². The van der Waals surface area contributed by atoms with Crippen molar-refractivity contribution in [1.82, 2.24) is 5.16 Å². The van der Waals surface area contributed by atoms with E-state index in [4.69, 9.17) is 21.9 Å². The van der Waals surface area contributed by atoms with E-state index in [0.717, 1.165) is 15.6 Å². The monoisotopic (exact) mass is 366 g/mol. The fourth-order valence-corrected chi connectivity index (χ4v) is 2.94. The van der Waals surface area contributed by atoms with Gasteiger partial charge < -0.3 is 10.3 Å². The lowest BCUT2D eigenvalue weighted by Crippen LogP contribution is -1.89. The van der Waals surface area contributed by atoms with Crippen LogP contribution in [0.4, 0.5) is 10.2 Å². The van der Waals surface area contributed by atoms with Crippen LogP contribution in [0.2, 0.25) is 5.02 Å². The van der Waals surface area contributed by atoms with Gasteiger partial charge in [-0.05, 0) is 35.9 Å². The minimum Gasteiger partial charge on any atom is -0.380 e. The smallest absolute Gasteiger partial charge is 0.177 e. The second kappa shape index (κ2) is 5.50. The van der Waals surface area contributed by atoms with Crippen LogP contribution in [0.5, 0.6) is 0 Å². The zero-order valence-corrected chi connectivity index (χ0v) is 13.0. The van der Waals surface area contributed by atoms with Gasteiger partial charge in [0.15, 0.2) is 11.6 Å². The number of halogens is 3. The fraction of sp³-hybridized carbons (Fsp3) is 0. The molecule has 0 unspecified atom stereocenters. The van der Waals surface area contributed by atoms with E-state index < -0.39 is 0 Å². The number of benzene rings is 2. The van der Waals surface area contributed by atoms with Crippen LogP contribution < -0.4 is 5.73 Å². The molecule has 21 heavy (non-hydrogen) atoms. The summed E-state index contributed by atoms with van der Waals surface area (Å²) in [6, 6.07) is 11.3. The molecule has 0 atom stereocenters. The topological polar surface area (TPSA) is 52.0 Å². The Hall–Kier alpha value is -1.85. The van der Waals surface area contributed by atoms with Gasteiger partial charge in [-0.25, -0.2) is 4.39 Å². The van der Waals surface area contributed by atoms with Crippen LogP contribution in [0.15, 0.2) is 51.5 Å². The maximum Gasteiger partial charge on any atom is 0.177 e. The Morgan fingerprint density at radius 1 is 1.10 bits per heavy atom. The van der Waals surface area contributed by atoms with E-state index in [1.807, 2.05) is 6.07 Å². The molecule has 0 radical (unpaired) electrons. The molecule has 0 aliphatic carbocycles. The summed E-state index contributed by atoms with van der Waals surface area (Å²) in [6.45, 7) is 0. The predicted molar refractivity (Wildman–Crippen MR) is 84.5 cm³/mol. The molecule has 0 amide bonds. The van der Waals surface area contributed by atoms with Gasteiger partial charge in [0.1, 0.15) is 5.82 Å². The Labute approximate surface area is 133 Å². The van der Waals surface area contributed by atoms with E-state index in [0.29, 0.717) is 16.3 Å². The number of hydrogen-bond donors (Lipinski definition) is 1. The van der Waals surface area contributed by atoms with Gasteiger partial charge >= 0.3 is 0 Å². The Bertz CT molecular complexity index is 782. The van der Waals surface area contributed by atoms with Crippen LogP contribution in [-0.2, 0) is 0 Å². The second-order valence-corrected chi connectivity index (χ2v) is 5.79. The molecule has 106 valence electrons. The van der Waals surface area contributed by atoms with Gasteiger partial charge in [0.2, 0.25) is 0 Å². The molecular formula is C15H9BrClFN2O. The largest absolute Gasteiger partial charge is 0.380 e. The van der Waals surface area contributed by atoms with Crippen molar-refractivity contribution in [1.29, 1.82) is 0 Å². The number of hydrogen-bond acceptors (Lipinski definition) is 3. The molecule has 0 aliphatic rings. The normalized spacial score (nSPS) is 10.8. The molecule has 6 heteroatoms. The standard InChI is InChI=1S/C15H9BrClFN2O/c16-10-5-9(6-11(17)7-10)14-13(15(19)20-21-14)8-1-3-12(18)4-2-8/h1-7H,(H2,19,20). The van der Waals surface area contributed by atoms with Gasteiger partial charge in [0.25, 0.3) is 0 Å². The predicted octanol–water partition coefficient (Wildman–Crippen LogP) is 5.15. The average molecular weight is 368 g/mol. The van der Waals surface area contributed by atoms with Crippen molar-refractivity contribution in [3.8, 4) is 22.5 Å².